The third-order valence-electron chi connectivity index (χ3n) is 4.67. The number of fused-ring (bicyclic) bond motifs is 1. The Morgan fingerprint density at radius 1 is 1.43 bits per heavy atom. The van der Waals surface area contributed by atoms with Gasteiger partial charge in [-0.2, -0.15) is 0 Å². The molecule has 2 aromatic rings. The van der Waals surface area contributed by atoms with E-state index in [1.165, 1.54) is 0 Å². The van der Waals surface area contributed by atoms with Gasteiger partial charge in [0, 0.05) is 40.3 Å². The van der Waals surface area contributed by atoms with Crippen LogP contribution in [0.1, 0.15) is 18.4 Å². The van der Waals surface area contributed by atoms with E-state index in [1.54, 1.807) is 6.08 Å². The minimum atomic E-state index is -0.403. The Labute approximate surface area is 174 Å². The first-order chi connectivity index (χ1) is 13.5. The summed E-state index contributed by atoms with van der Waals surface area (Å²) >= 11 is 4.34. The standard InChI is InChI=1S/C19H18BrN3O4S/c20-12-3-4-15-14(7-12)11(6-16-18(25)22-19(26)28-16)9-23(15)10-17(24)21-8-13-2-1-5-27-13/h3-4,6-7,9,13H,1-2,5,8,10H2,(H,21,24)(H,22,25,26)/b16-6-/t13-/m1/s1. The Balaban J connectivity index is 1.58. The van der Waals surface area contributed by atoms with Crippen molar-refractivity contribution in [2.24, 2.45) is 0 Å². The number of benzene rings is 1. The highest BCUT2D eigenvalue weighted by Gasteiger charge is 2.25. The maximum absolute atomic E-state index is 12.4. The Morgan fingerprint density at radius 3 is 3.00 bits per heavy atom. The molecule has 9 heteroatoms. The molecule has 1 atom stereocenters. The van der Waals surface area contributed by atoms with Crippen molar-refractivity contribution in [3.63, 3.8) is 0 Å². The third-order valence-corrected chi connectivity index (χ3v) is 5.97. The number of nitrogens with one attached hydrogen (secondary N) is 2. The molecule has 4 rings (SSSR count). The van der Waals surface area contributed by atoms with E-state index in [9.17, 15) is 14.4 Å². The molecule has 2 fully saturated rings. The van der Waals surface area contributed by atoms with Crippen LogP contribution in [0.25, 0.3) is 17.0 Å². The molecule has 0 radical (unpaired) electrons. The van der Waals surface area contributed by atoms with Crippen LogP contribution in [0.4, 0.5) is 4.79 Å². The summed E-state index contributed by atoms with van der Waals surface area (Å²) in [6.45, 7) is 1.43. The van der Waals surface area contributed by atoms with Gasteiger partial charge in [-0.1, -0.05) is 15.9 Å². The van der Waals surface area contributed by atoms with Crippen LogP contribution in [-0.2, 0) is 20.9 Å². The molecule has 3 amide bonds. The lowest BCUT2D eigenvalue weighted by Crippen LogP contribution is -2.34. The molecule has 0 aliphatic carbocycles. The number of hydrogen-bond donors (Lipinski definition) is 2. The number of halogens is 1. The highest BCUT2D eigenvalue weighted by molar-refractivity contribution is 9.10. The van der Waals surface area contributed by atoms with Gasteiger partial charge in [-0.05, 0) is 48.9 Å². The van der Waals surface area contributed by atoms with E-state index < -0.39 is 5.91 Å². The Hall–Kier alpha value is -2.10. The van der Waals surface area contributed by atoms with Gasteiger partial charge in [0.25, 0.3) is 11.1 Å². The van der Waals surface area contributed by atoms with Crippen molar-refractivity contribution in [1.82, 2.24) is 15.2 Å². The zero-order valence-electron chi connectivity index (χ0n) is 14.9. The summed E-state index contributed by atoms with van der Waals surface area (Å²) in [5.41, 5.74) is 1.65. The van der Waals surface area contributed by atoms with Crippen LogP contribution in [0.5, 0.6) is 0 Å². The van der Waals surface area contributed by atoms with E-state index in [2.05, 4.69) is 26.6 Å². The number of hydrogen-bond acceptors (Lipinski definition) is 5. The van der Waals surface area contributed by atoms with Crippen LogP contribution in [0.2, 0.25) is 0 Å². The summed E-state index contributed by atoms with van der Waals surface area (Å²) in [4.78, 5) is 36.0. The van der Waals surface area contributed by atoms with Gasteiger partial charge in [0.05, 0.1) is 11.0 Å². The fraction of sp³-hybridized carbons (Fsp3) is 0.316. The van der Waals surface area contributed by atoms with Crippen molar-refractivity contribution in [2.75, 3.05) is 13.2 Å². The number of imide groups is 1. The van der Waals surface area contributed by atoms with Gasteiger partial charge in [-0.15, -0.1) is 0 Å². The summed E-state index contributed by atoms with van der Waals surface area (Å²) < 4.78 is 8.27. The molecule has 1 aromatic carbocycles. The lowest BCUT2D eigenvalue weighted by atomic mass is 10.1. The van der Waals surface area contributed by atoms with E-state index in [0.717, 1.165) is 52.1 Å². The quantitative estimate of drug-likeness (QED) is 0.665. The molecule has 3 heterocycles. The first-order valence-corrected chi connectivity index (χ1v) is 10.5. The molecule has 2 aliphatic heterocycles. The van der Waals surface area contributed by atoms with Crippen LogP contribution in [0.3, 0.4) is 0 Å². The number of carbonyl (C=O) groups is 3. The number of carbonyl (C=O) groups excluding carboxylic acids is 3. The average Bonchev–Trinajstić information content (AvgIpc) is 3.35. The predicted molar refractivity (Wildman–Crippen MR) is 111 cm³/mol. The van der Waals surface area contributed by atoms with Crippen LogP contribution in [0, 0.1) is 0 Å². The number of aromatic nitrogens is 1. The number of amides is 3. The van der Waals surface area contributed by atoms with Crippen LogP contribution < -0.4 is 10.6 Å². The smallest absolute Gasteiger partial charge is 0.290 e. The van der Waals surface area contributed by atoms with Gasteiger partial charge < -0.3 is 14.6 Å². The van der Waals surface area contributed by atoms with Crippen molar-refractivity contribution in [2.45, 2.75) is 25.5 Å². The molecular weight excluding hydrogens is 446 g/mol. The predicted octanol–water partition coefficient (Wildman–Crippen LogP) is 3.02. The first-order valence-electron chi connectivity index (χ1n) is 8.91. The van der Waals surface area contributed by atoms with E-state index in [-0.39, 0.29) is 23.8 Å². The number of thioether (sulfide) groups is 1. The fourth-order valence-corrected chi connectivity index (χ4v) is 4.38. The lowest BCUT2D eigenvalue weighted by molar-refractivity contribution is -0.122. The highest BCUT2D eigenvalue weighted by atomic mass is 79.9. The van der Waals surface area contributed by atoms with Gasteiger partial charge in [-0.3, -0.25) is 19.7 Å². The minimum Gasteiger partial charge on any atom is -0.376 e. The highest BCUT2D eigenvalue weighted by Crippen LogP contribution is 2.31. The summed E-state index contributed by atoms with van der Waals surface area (Å²) in [5.74, 6) is -0.502. The molecule has 1 aromatic heterocycles. The van der Waals surface area contributed by atoms with Crippen LogP contribution in [0.15, 0.2) is 33.8 Å². The Kier molecular flexibility index (Phi) is 5.56. The average molecular weight is 464 g/mol. The monoisotopic (exact) mass is 463 g/mol. The summed E-state index contributed by atoms with van der Waals surface area (Å²) in [6.07, 6.45) is 5.60. The summed E-state index contributed by atoms with van der Waals surface area (Å²) in [7, 11) is 0. The van der Waals surface area contributed by atoms with Gasteiger partial charge in [0.1, 0.15) is 6.54 Å². The van der Waals surface area contributed by atoms with E-state index in [0.29, 0.717) is 11.4 Å². The van der Waals surface area contributed by atoms with Crippen molar-refractivity contribution >= 4 is 61.7 Å². The van der Waals surface area contributed by atoms with E-state index in [1.807, 2.05) is 29.0 Å². The molecule has 7 nitrogen and oxygen atoms in total. The summed E-state index contributed by atoms with van der Waals surface area (Å²) in [5, 5.41) is 5.69. The zero-order chi connectivity index (χ0) is 19.7. The second kappa shape index (κ2) is 8.10. The van der Waals surface area contributed by atoms with Crippen molar-refractivity contribution in [3.05, 3.63) is 39.3 Å². The van der Waals surface area contributed by atoms with Crippen molar-refractivity contribution in [1.29, 1.82) is 0 Å². The second-order valence-corrected chi connectivity index (χ2v) is 8.60. The number of nitrogens with zero attached hydrogens (tertiary/aromatic N) is 1. The SMILES string of the molecule is O=C(Cn1cc(/C=C2\SC(=O)NC2=O)c2cc(Br)ccc21)NC[C@H]1CCCO1. The second-order valence-electron chi connectivity index (χ2n) is 6.67. The van der Waals surface area contributed by atoms with Crippen molar-refractivity contribution in [3.8, 4) is 0 Å². The molecule has 28 heavy (non-hydrogen) atoms. The third kappa shape index (κ3) is 4.16. The fourth-order valence-electron chi connectivity index (χ4n) is 3.35. The molecule has 146 valence electrons. The molecule has 0 spiro atoms. The normalized spacial score (nSPS) is 20.9. The largest absolute Gasteiger partial charge is 0.376 e. The minimum absolute atomic E-state index is 0.0945. The van der Waals surface area contributed by atoms with E-state index >= 15 is 0 Å². The van der Waals surface area contributed by atoms with E-state index in [4.69, 9.17) is 4.74 Å². The van der Waals surface area contributed by atoms with Crippen LogP contribution in [-0.4, -0.2) is 40.9 Å². The molecule has 0 unspecified atom stereocenters. The zero-order valence-corrected chi connectivity index (χ0v) is 17.3. The Morgan fingerprint density at radius 2 is 2.29 bits per heavy atom. The molecule has 0 bridgehead atoms. The number of rotatable bonds is 5. The molecule has 0 saturated carbocycles. The van der Waals surface area contributed by atoms with Crippen LogP contribution >= 0.6 is 27.7 Å². The maximum atomic E-state index is 12.4. The molecule has 2 N–H and O–H groups in total. The number of ether oxygens (including phenoxy) is 1. The van der Waals surface area contributed by atoms with Crippen molar-refractivity contribution < 1.29 is 19.1 Å². The molecular formula is C19H18BrN3O4S. The lowest BCUT2D eigenvalue weighted by Gasteiger charge is -2.11. The van der Waals surface area contributed by atoms with Gasteiger partial charge >= 0.3 is 0 Å². The molecule has 2 aliphatic rings. The van der Waals surface area contributed by atoms with Gasteiger partial charge in [-0.25, -0.2) is 0 Å². The van der Waals surface area contributed by atoms with Gasteiger partial charge in [0.2, 0.25) is 5.91 Å². The Bertz CT molecular complexity index is 994. The first kappa shape index (κ1) is 19.2. The topological polar surface area (TPSA) is 89.4 Å². The summed E-state index contributed by atoms with van der Waals surface area (Å²) in [6, 6.07) is 5.75. The maximum Gasteiger partial charge on any atom is 0.290 e. The molecule has 2 saturated heterocycles. The van der Waals surface area contributed by atoms with Gasteiger partial charge in [0.15, 0.2) is 0 Å².